The summed E-state index contributed by atoms with van der Waals surface area (Å²) in [5.74, 6) is 0. The van der Waals surface area contributed by atoms with Crippen molar-refractivity contribution in [3.63, 3.8) is 0 Å². The van der Waals surface area contributed by atoms with Gasteiger partial charge in [-0.2, -0.15) is 5.10 Å². The molecule has 4 N–H and O–H groups in total. The Morgan fingerprint density at radius 1 is 1.91 bits per heavy atom. The highest BCUT2D eigenvalue weighted by Gasteiger charge is 2.06. The molecule has 0 bridgehead atoms. The van der Waals surface area contributed by atoms with E-state index in [1.165, 1.54) is 6.20 Å². The van der Waals surface area contributed by atoms with Crippen LogP contribution in [0.2, 0.25) is 0 Å². The summed E-state index contributed by atoms with van der Waals surface area (Å²) in [6, 6.07) is 0. The molecule has 0 saturated carbocycles. The molecule has 1 atom stereocenters. The minimum Gasteiger partial charge on any atom is -0.378 e. The molecule has 0 radical (unpaired) electrons. The first-order valence-corrected chi connectivity index (χ1v) is 3.15. The Hall–Kier alpha value is -1.20. The van der Waals surface area contributed by atoms with Gasteiger partial charge in [0, 0.05) is 12.1 Å². The normalized spacial score (nSPS) is 12.9. The van der Waals surface area contributed by atoms with Crippen LogP contribution >= 0.6 is 0 Å². The Kier molecular flexibility index (Phi) is 2.35. The van der Waals surface area contributed by atoms with Crippen molar-refractivity contribution in [2.24, 2.45) is 5.73 Å². The highest BCUT2D eigenvalue weighted by atomic mass is 16.3. The number of aliphatic hydroxyl groups is 1. The molecule has 11 heavy (non-hydrogen) atoms. The van der Waals surface area contributed by atoms with Crippen LogP contribution in [0.4, 0.5) is 0 Å². The lowest BCUT2D eigenvalue weighted by molar-refractivity contribution is 0.112. The van der Waals surface area contributed by atoms with E-state index in [9.17, 15) is 4.79 Å². The number of aromatic amines is 1. The van der Waals surface area contributed by atoms with Crippen LogP contribution in [0, 0.1) is 0 Å². The lowest BCUT2D eigenvalue weighted by atomic mass is 10.2. The summed E-state index contributed by atoms with van der Waals surface area (Å²) in [4.78, 5) is 10.3. The van der Waals surface area contributed by atoms with Gasteiger partial charge in [-0.25, -0.2) is 0 Å². The van der Waals surface area contributed by atoms with Gasteiger partial charge in [0.1, 0.15) is 6.23 Å². The van der Waals surface area contributed by atoms with Crippen molar-refractivity contribution >= 4 is 6.29 Å². The van der Waals surface area contributed by atoms with Crippen LogP contribution in [0.5, 0.6) is 0 Å². The molecule has 0 amide bonds. The molecule has 1 aromatic heterocycles. The topological polar surface area (TPSA) is 92.0 Å². The fourth-order valence-electron chi connectivity index (χ4n) is 0.796. The number of nitrogens with two attached hydrogens (primary N) is 1. The van der Waals surface area contributed by atoms with E-state index in [0.29, 0.717) is 17.5 Å². The molecule has 1 heterocycles. The summed E-state index contributed by atoms with van der Waals surface area (Å²) in [6.45, 7) is 0. The Balaban J connectivity index is 2.76. The smallest absolute Gasteiger partial charge is 0.153 e. The molecule has 5 nitrogen and oxygen atoms in total. The molecular formula is C6H9N3O2. The second-order valence-corrected chi connectivity index (χ2v) is 2.19. The first-order valence-electron chi connectivity index (χ1n) is 3.15. The minimum absolute atomic E-state index is 0.216. The number of rotatable bonds is 3. The molecular weight excluding hydrogens is 146 g/mol. The molecule has 5 heteroatoms. The third-order valence-electron chi connectivity index (χ3n) is 1.29. The van der Waals surface area contributed by atoms with Crippen LogP contribution in [-0.4, -0.2) is 27.8 Å². The number of nitrogens with one attached hydrogen (secondary N) is 1. The fraction of sp³-hybridized carbons (Fsp3) is 0.333. The summed E-state index contributed by atoms with van der Waals surface area (Å²) in [5, 5.41) is 14.9. The van der Waals surface area contributed by atoms with E-state index in [2.05, 4.69) is 10.2 Å². The van der Waals surface area contributed by atoms with Gasteiger partial charge in [0.15, 0.2) is 6.29 Å². The molecule has 1 unspecified atom stereocenters. The molecule has 0 fully saturated rings. The lowest BCUT2D eigenvalue weighted by Crippen LogP contribution is -2.22. The van der Waals surface area contributed by atoms with Gasteiger partial charge < -0.3 is 10.8 Å². The SMILES string of the molecule is NC(O)Cc1[nH]ncc1C=O. The maximum Gasteiger partial charge on any atom is 0.153 e. The highest BCUT2D eigenvalue weighted by Crippen LogP contribution is 2.02. The Morgan fingerprint density at radius 2 is 2.64 bits per heavy atom. The average molecular weight is 155 g/mol. The summed E-state index contributed by atoms with van der Waals surface area (Å²) < 4.78 is 0. The number of H-pyrrole nitrogens is 1. The minimum atomic E-state index is -0.950. The Morgan fingerprint density at radius 3 is 3.18 bits per heavy atom. The highest BCUT2D eigenvalue weighted by molar-refractivity contribution is 5.75. The standard InChI is InChI=1S/C6H9N3O2/c7-6(11)1-5-4(3-10)2-8-9-5/h2-3,6,11H,1,7H2,(H,8,9). The van der Waals surface area contributed by atoms with Crippen LogP contribution in [-0.2, 0) is 6.42 Å². The molecule has 60 valence electrons. The molecule has 1 rings (SSSR count). The van der Waals surface area contributed by atoms with E-state index in [1.807, 2.05) is 0 Å². The number of aldehydes is 1. The molecule has 0 spiro atoms. The van der Waals surface area contributed by atoms with Gasteiger partial charge in [-0.05, 0) is 0 Å². The Bertz CT molecular complexity index is 244. The van der Waals surface area contributed by atoms with Crippen LogP contribution in [0.1, 0.15) is 16.1 Å². The zero-order valence-electron chi connectivity index (χ0n) is 5.82. The van der Waals surface area contributed by atoms with Crippen molar-refractivity contribution in [3.8, 4) is 0 Å². The largest absolute Gasteiger partial charge is 0.378 e. The quantitative estimate of drug-likeness (QED) is 0.387. The third kappa shape index (κ3) is 1.86. The van der Waals surface area contributed by atoms with Gasteiger partial charge in [-0.3, -0.25) is 9.89 Å². The van der Waals surface area contributed by atoms with Gasteiger partial charge in [0.25, 0.3) is 0 Å². The number of hydrogen-bond acceptors (Lipinski definition) is 4. The van der Waals surface area contributed by atoms with E-state index in [0.717, 1.165) is 0 Å². The summed E-state index contributed by atoms with van der Waals surface area (Å²) in [5.41, 5.74) is 6.10. The van der Waals surface area contributed by atoms with Crippen molar-refractivity contribution in [1.82, 2.24) is 10.2 Å². The second kappa shape index (κ2) is 3.27. The van der Waals surface area contributed by atoms with Crippen molar-refractivity contribution in [3.05, 3.63) is 17.5 Å². The number of carbonyl (C=O) groups excluding carboxylic acids is 1. The van der Waals surface area contributed by atoms with E-state index < -0.39 is 6.23 Å². The predicted octanol–water partition coefficient (Wildman–Crippen LogP) is -0.958. The number of hydrogen-bond donors (Lipinski definition) is 3. The van der Waals surface area contributed by atoms with Crippen molar-refractivity contribution in [2.45, 2.75) is 12.6 Å². The van der Waals surface area contributed by atoms with Crippen molar-refractivity contribution in [1.29, 1.82) is 0 Å². The molecule has 0 aliphatic heterocycles. The van der Waals surface area contributed by atoms with Crippen LogP contribution in [0.25, 0.3) is 0 Å². The molecule has 1 aromatic rings. The second-order valence-electron chi connectivity index (χ2n) is 2.19. The molecule has 0 saturated heterocycles. The zero-order valence-corrected chi connectivity index (χ0v) is 5.82. The Labute approximate surface area is 63.2 Å². The number of nitrogens with zero attached hydrogens (tertiary/aromatic N) is 1. The average Bonchev–Trinajstić information content (AvgIpc) is 2.34. The zero-order chi connectivity index (χ0) is 8.27. The van der Waals surface area contributed by atoms with Gasteiger partial charge in [0.2, 0.25) is 0 Å². The van der Waals surface area contributed by atoms with E-state index >= 15 is 0 Å². The molecule has 0 aromatic carbocycles. The number of carbonyl (C=O) groups is 1. The van der Waals surface area contributed by atoms with Gasteiger partial charge >= 0.3 is 0 Å². The van der Waals surface area contributed by atoms with Crippen molar-refractivity contribution < 1.29 is 9.90 Å². The summed E-state index contributed by atoms with van der Waals surface area (Å²) >= 11 is 0. The maximum absolute atomic E-state index is 10.3. The maximum atomic E-state index is 10.3. The van der Waals surface area contributed by atoms with Crippen molar-refractivity contribution in [2.75, 3.05) is 0 Å². The summed E-state index contributed by atoms with van der Waals surface area (Å²) in [6.07, 6.45) is 1.33. The van der Waals surface area contributed by atoms with Crippen LogP contribution < -0.4 is 5.73 Å². The first kappa shape index (κ1) is 7.90. The van der Waals surface area contributed by atoms with E-state index in [4.69, 9.17) is 10.8 Å². The monoisotopic (exact) mass is 155 g/mol. The van der Waals surface area contributed by atoms with E-state index in [1.54, 1.807) is 0 Å². The molecule has 0 aliphatic rings. The van der Waals surface area contributed by atoms with Gasteiger partial charge in [-0.1, -0.05) is 0 Å². The van der Waals surface area contributed by atoms with Gasteiger partial charge in [-0.15, -0.1) is 0 Å². The number of aromatic nitrogens is 2. The molecule has 0 aliphatic carbocycles. The van der Waals surface area contributed by atoms with Crippen LogP contribution in [0.3, 0.4) is 0 Å². The third-order valence-corrected chi connectivity index (χ3v) is 1.29. The lowest BCUT2D eigenvalue weighted by Gasteiger charge is -2.00. The van der Waals surface area contributed by atoms with E-state index in [-0.39, 0.29) is 6.42 Å². The summed E-state index contributed by atoms with van der Waals surface area (Å²) in [7, 11) is 0. The fourth-order valence-corrected chi connectivity index (χ4v) is 0.796. The predicted molar refractivity (Wildman–Crippen MR) is 37.9 cm³/mol. The van der Waals surface area contributed by atoms with Crippen LogP contribution in [0.15, 0.2) is 6.20 Å². The first-order chi connectivity index (χ1) is 5.24. The van der Waals surface area contributed by atoms with Gasteiger partial charge in [0.05, 0.1) is 11.8 Å². The number of aliphatic hydroxyl groups excluding tert-OH is 1.